The molecule has 0 unspecified atom stereocenters. The van der Waals surface area contributed by atoms with E-state index in [9.17, 15) is 4.79 Å². The number of rotatable bonds is 1. The summed E-state index contributed by atoms with van der Waals surface area (Å²) in [6.07, 6.45) is 0. The van der Waals surface area contributed by atoms with E-state index in [0.29, 0.717) is 21.1 Å². The molecule has 2 nitrogen and oxygen atoms in total. The maximum atomic E-state index is 12.2. The van der Waals surface area contributed by atoms with Gasteiger partial charge in [0.2, 0.25) is 0 Å². The molecule has 0 aliphatic carbocycles. The van der Waals surface area contributed by atoms with E-state index in [-0.39, 0.29) is 5.56 Å². The fraction of sp³-hybridized carbons (Fsp3) is 0. The van der Waals surface area contributed by atoms with Crippen molar-refractivity contribution in [2.24, 2.45) is 0 Å². The van der Waals surface area contributed by atoms with Gasteiger partial charge in [0.25, 0.3) is 5.56 Å². The van der Waals surface area contributed by atoms with Crippen LogP contribution < -0.4 is 5.56 Å². The highest BCUT2D eigenvalue weighted by atomic mass is 35.5. The van der Waals surface area contributed by atoms with Gasteiger partial charge in [-0.1, -0.05) is 46.9 Å². The first-order valence-electron chi connectivity index (χ1n) is 5.23. The Labute approximate surface area is 117 Å². The van der Waals surface area contributed by atoms with Crippen LogP contribution in [-0.4, -0.2) is 3.96 Å². The SMILES string of the molecule is O=c1c2ccccc2sn1-c1cc(Cl)cc(Cl)c1. The molecule has 0 N–H and O–H groups in total. The van der Waals surface area contributed by atoms with E-state index in [4.69, 9.17) is 23.2 Å². The predicted molar refractivity (Wildman–Crippen MR) is 77.4 cm³/mol. The Morgan fingerprint density at radius 1 is 1.00 bits per heavy atom. The third kappa shape index (κ3) is 1.94. The molecule has 0 radical (unpaired) electrons. The molecule has 5 heteroatoms. The lowest BCUT2D eigenvalue weighted by atomic mass is 10.3. The third-order valence-electron chi connectivity index (χ3n) is 2.57. The number of fused-ring (bicyclic) bond motifs is 1. The molecule has 1 heterocycles. The van der Waals surface area contributed by atoms with Crippen LogP contribution in [0.3, 0.4) is 0 Å². The summed E-state index contributed by atoms with van der Waals surface area (Å²) in [5.74, 6) is 0. The first kappa shape index (κ1) is 11.8. The fourth-order valence-electron chi connectivity index (χ4n) is 1.80. The summed E-state index contributed by atoms with van der Waals surface area (Å²) in [6, 6.07) is 12.6. The number of hydrogen-bond donors (Lipinski definition) is 0. The van der Waals surface area contributed by atoms with Gasteiger partial charge in [0, 0.05) is 10.0 Å². The first-order valence-corrected chi connectivity index (χ1v) is 6.75. The van der Waals surface area contributed by atoms with Gasteiger partial charge >= 0.3 is 0 Å². The molecular formula is C13H7Cl2NOS. The number of nitrogens with zero attached hydrogens (tertiary/aromatic N) is 1. The molecule has 1 aromatic heterocycles. The molecule has 18 heavy (non-hydrogen) atoms. The highest BCUT2D eigenvalue weighted by molar-refractivity contribution is 7.14. The number of hydrogen-bond acceptors (Lipinski definition) is 2. The zero-order valence-electron chi connectivity index (χ0n) is 9.06. The topological polar surface area (TPSA) is 22.0 Å². The molecule has 0 bridgehead atoms. The van der Waals surface area contributed by atoms with E-state index in [2.05, 4.69) is 0 Å². The lowest BCUT2D eigenvalue weighted by molar-refractivity contribution is 1.14. The minimum Gasteiger partial charge on any atom is -0.267 e. The molecule has 0 amide bonds. The Balaban J connectivity index is 2.31. The third-order valence-corrected chi connectivity index (χ3v) is 4.12. The molecule has 90 valence electrons. The average Bonchev–Trinajstić information content (AvgIpc) is 2.66. The Morgan fingerprint density at radius 3 is 2.33 bits per heavy atom. The van der Waals surface area contributed by atoms with Gasteiger partial charge in [0.05, 0.1) is 15.8 Å². The molecule has 3 rings (SSSR count). The molecule has 0 aliphatic heterocycles. The zero-order chi connectivity index (χ0) is 12.7. The van der Waals surface area contributed by atoms with E-state index >= 15 is 0 Å². The molecule has 0 atom stereocenters. The normalized spacial score (nSPS) is 11.0. The van der Waals surface area contributed by atoms with Crippen molar-refractivity contribution < 1.29 is 0 Å². The van der Waals surface area contributed by atoms with Gasteiger partial charge < -0.3 is 0 Å². The van der Waals surface area contributed by atoms with Crippen molar-refractivity contribution in [3.05, 3.63) is 62.9 Å². The van der Waals surface area contributed by atoms with Crippen molar-refractivity contribution in [3.63, 3.8) is 0 Å². The van der Waals surface area contributed by atoms with Gasteiger partial charge in [-0.3, -0.25) is 4.79 Å². The van der Waals surface area contributed by atoms with Crippen LogP contribution in [0.15, 0.2) is 47.3 Å². The summed E-state index contributed by atoms with van der Waals surface area (Å²) < 4.78 is 2.54. The lowest BCUT2D eigenvalue weighted by Gasteiger charge is -2.01. The van der Waals surface area contributed by atoms with Gasteiger partial charge in [-0.15, -0.1) is 0 Å². The lowest BCUT2D eigenvalue weighted by Crippen LogP contribution is -2.10. The van der Waals surface area contributed by atoms with E-state index in [1.165, 1.54) is 11.5 Å². The highest BCUT2D eigenvalue weighted by Gasteiger charge is 2.09. The monoisotopic (exact) mass is 295 g/mol. The maximum Gasteiger partial charge on any atom is 0.273 e. The highest BCUT2D eigenvalue weighted by Crippen LogP contribution is 2.25. The summed E-state index contributed by atoms with van der Waals surface area (Å²) in [5.41, 5.74) is 0.646. The van der Waals surface area contributed by atoms with Crippen molar-refractivity contribution in [1.29, 1.82) is 0 Å². The minimum absolute atomic E-state index is 0.0473. The largest absolute Gasteiger partial charge is 0.273 e. The van der Waals surface area contributed by atoms with E-state index < -0.39 is 0 Å². The standard InChI is InChI=1S/C13H7Cl2NOS/c14-8-5-9(15)7-10(6-8)16-13(17)11-3-1-2-4-12(11)18-16/h1-7H. The minimum atomic E-state index is -0.0473. The van der Waals surface area contributed by atoms with Gasteiger partial charge in [-0.05, 0) is 30.3 Å². The van der Waals surface area contributed by atoms with Crippen molar-refractivity contribution in [1.82, 2.24) is 3.96 Å². The molecule has 0 saturated heterocycles. The Hall–Kier alpha value is -1.29. The molecular weight excluding hydrogens is 289 g/mol. The fourth-order valence-corrected chi connectivity index (χ4v) is 3.30. The molecule has 0 fully saturated rings. The van der Waals surface area contributed by atoms with Crippen LogP contribution >= 0.6 is 34.7 Å². The van der Waals surface area contributed by atoms with Crippen LogP contribution in [0.25, 0.3) is 15.8 Å². The first-order chi connectivity index (χ1) is 8.65. The predicted octanol–water partition coefficient (Wildman–Crippen LogP) is 4.36. The van der Waals surface area contributed by atoms with Crippen molar-refractivity contribution in [3.8, 4) is 5.69 Å². The second-order valence-electron chi connectivity index (χ2n) is 3.81. The summed E-state index contributed by atoms with van der Waals surface area (Å²) in [5, 5.41) is 1.74. The summed E-state index contributed by atoms with van der Waals surface area (Å²) >= 11 is 13.3. The summed E-state index contributed by atoms with van der Waals surface area (Å²) in [6.45, 7) is 0. The van der Waals surface area contributed by atoms with Crippen molar-refractivity contribution in [2.45, 2.75) is 0 Å². The number of benzene rings is 2. The molecule has 0 aliphatic rings. The second-order valence-corrected chi connectivity index (χ2v) is 5.68. The Kier molecular flexibility index (Phi) is 2.90. The Bertz CT molecular complexity index is 771. The molecule has 3 aromatic rings. The van der Waals surface area contributed by atoms with Crippen molar-refractivity contribution >= 4 is 44.8 Å². The summed E-state index contributed by atoms with van der Waals surface area (Å²) in [7, 11) is 0. The van der Waals surface area contributed by atoms with Gasteiger partial charge in [0.1, 0.15) is 0 Å². The molecule has 0 saturated carbocycles. The van der Waals surface area contributed by atoms with E-state index in [1.54, 1.807) is 22.2 Å². The van der Waals surface area contributed by atoms with Crippen LogP contribution in [0.5, 0.6) is 0 Å². The van der Waals surface area contributed by atoms with Crippen LogP contribution in [0.4, 0.5) is 0 Å². The molecule has 2 aromatic carbocycles. The van der Waals surface area contributed by atoms with E-state index in [0.717, 1.165) is 4.70 Å². The van der Waals surface area contributed by atoms with Crippen LogP contribution in [0.2, 0.25) is 10.0 Å². The average molecular weight is 296 g/mol. The van der Waals surface area contributed by atoms with Crippen molar-refractivity contribution in [2.75, 3.05) is 0 Å². The molecule has 0 spiro atoms. The number of aromatic nitrogens is 1. The van der Waals surface area contributed by atoms with E-state index in [1.807, 2.05) is 24.3 Å². The quantitative estimate of drug-likeness (QED) is 0.654. The van der Waals surface area contributed by atoms with Gasteiger partial charge in [-0.2, -0.15) is 0 Å². The summed E-state index contributed by atoms with van der Waals surface area (Å²) in [4.78, 5) is 12.2. The van der Waals surface area contributed by atoms with Gasteiger partial charge in [0.15, 0.2) is 0 Å². The maximum absolute atomic E-state index is 12.2. The van der Waals surface area contributed by atoms with Crippen LogP contribution in [0, 0.1) is 0 Å². The van der Waals surface area contributed by atoms with Gasteiger partial charge in [-0.25, -0.2) is 3.96 Å². The second kappa shape index (κ2) is 4.43. The number of halogens is 2. The zero-order valence-corrected chi connectivity index (χ0v) is 11.4. The smallest absolute Gasteiger partial charge is 0.267 e. The van der Waals surface area contributed by atoms with Crippen LogP contribution in [-0.2, 0) is 0 Å². The Morgan fingerprint density at radius 2 is 1.67 bits per heavy atom. The van der Waals surface area contributed by atoms with Crippen LogP contribution in [0.1, 0.15) is 0 Å².